The lowest BCUT2D eigenvalue weighted by atomic mass is 9.96. The molecule has 4 heteroatoms. The summed E-state index contributed by atoms with van der Waals surface area (Å²) in [5.41, 5.74) is 2.57. The number of nitrogens with zero attached hydrogens (tertiary/aromatic N) is 1. The van der Waals surface area contributed by atoms with Gasteiger partial charge < -0.3 is 5.32 Å². The van der Waals surface area contributed by atoms with Crippen molar-refractivity contribution in [2.45, 2.75) is 45.2 Å². The highest BCUT2D eigenvalue weighted by molar-refractivity contribution is 6.30. The van der Waals surface area contributed by atoms with Gasteiger partial charge in [0.2, 0.25) is 5.91 Å². The van der Waals surface area contributed by atoms with Crippen molar-refractivity contribution in [2.24, 2.45) is 5.92 Å². The molecule has 0 radical (unpaired) electrons. The van der Waals surface area contributed by atoms with Gasteiger partial charge in [-0.1, -0.05) is 54.1 Å². The van der Waals surface area contributed by atoms with E-state index in [4.69, 9.17) is 11.6 Å². The normalized spacial score (nSPS) is 18.8. The Morgan fingerprint density at radius 1 is 1.15 bits per heavy atom. The van der Waals surface area contributed by atoms with Crippen LogP contribution in [0.2, 0.25) is 5.02 Å². The second kappa shape index (κ2) is 9.91. The number of hydrogen-bond donors (Lipinski definition) is 1. The fourth-order valence-electron chi connectivity index (χ4n) is 3.72. The van der Waals surface area contributed by atoms with Crippen LogP contribution >= 0.6 is 11.6 Å². The van der Waals surface area contributed by atoms with Crippen molar-refractivity contribution >= 4 is 17.5 Å². The molecule has 144 valence electrons. The van der Waals surface area contributed by atoms with Gasteiger partial charge in [0.1, 0.15) is 0 Å². The molecular weight excluding hydrogens is 356 g/mol. The summed E-state index contributed by atoms with van der Waals surface area (Å²) in [5, 5.41) is 3.99. The molecule has 0 aliphatic carbocycles. The Bertz CT molecular complexity index is 717. The molecule has 1 saturated heterocycles. The molecule has 2 atom stereocenters. The van der Waals surface area contributed by atoms with E-state index in [1.165, 1.54) is 11.1 Å². The number of piperidine rings is 1. The minimum Gasteiger partial charge on any atom is -0.353 e. The fourth-order valence-corrected chi connectivity index (χ4v) is 3.85. The molecule has 1 heterocycles. The first-order chi connectivity index (χ1) is 13.1. The van der Waals surface area contributed by atoms with Crippen LogP contribution in [-0.4, -0.2) is 29.9 Å². The lowest BCUT2D eigenvalue weighted by molar-refractivity contribution is -0.127. The molecule has 1 N–H and O–H groups in total. The number of carbonyl (C=O) groups excluding carboxylic acids is 1. The van der Waals surface area contributed by atoms with Crippen molar-refractivity contribution in [3.63, 3.8) is 0 Å². The summed E-state index contributed by atoms with van der Waals surface area (Å²) >= 11 is 5.97. The Balaban J connectivity index is 1.45. The Morgan fingerprint density at radius 3 is 2.63 bits per heavy atom. The third-order valence-electron chi connectivity index (χ3n) is 5.29. The smallest absolute Gasteiger partial charge is 0.224 e. The molecule has 1 fully saturated rings. The zero-order chi connectivity index (χ0) is 19.1. The largest absolute Gasteiger partial charge is 0.353 e. The van der Waals surface area contributed by atoms with Crippen molar-refractivity contribution in [3.8, 4) is 0 Å². The lowest BCUT2D eigenvalue weighted by Crippen LogP contribution is -2.45. The van der Waals surface area contributed by atoms with E-state index in [0.717, 1.165) is 50.3 Å². The van der Waals surface area contributed by atoms with Crippen LogP contribution in [0.1, 0.15) is 37.3 Å². The van der Waals surface area contributed by atoms with Crippen molar-refractivity contribution < 1.29 is 4.79 Å². The molecule has 0 saturated carbocycles. The minimum absolute atomic E-state index is 0.0882. The molecule has 0 aromatic heterocycles. The first-order valence-electron chi connectivity index (χ1n) is 9.91. The van der Waals surface area contributed by atoms with Gasteiger partial charge in [-0.05, 0) is 62.4 Å². The number of hydrogen-bond acceptors (Lipinski definition) is 2. The van der Waals surface area contributed by atoms with E-state index in [-0.39, 0.29) is 17.9 Å². The monoisotopic (exact) mass is 384 g/mol. The highest BCUT2D eigenvalue weighted by atomic mass is 35.5. The number of aryl methyl sites for hydroxylation is 1. The Labute approximate surface area is 167 Å². The zero-order valence-electron chi connectivity index (χ0n) is 16.0. The van der Waals surface area contributed by atoms with E-state index in [1.54, 1.807) is 0 Å². The van der Waals surface area contributed by atoms with Crippen LogP contribution in [0.4, 0.5) is 0 Å². The summed E-state index contributed by atoms with van der Waals surface area (Å²) in [6.45, 7) is 4.87. The molecule has 1 amide bonds. The van der Waals surface area contributed by atoms with Gasteiger partial charge in [0.05, 0.1) is 5.92 Å². The van der Waals surface area contributed by atoms with E-state index >= 15 is 0 Å². The number of nitrogens with one attached hydrogen (secondary N) is 1. The van der Waals surface area contributed by atoms with Crippen LogP contribution in [0.15, 0.2) is 54.6 Å². The van der Waals surface area contributed by atoms with Crippen LogP contribution < -0.4 is 5.32 Å². The topological polar surface area (TPSA) is 32.3 Å². The SMILES string of the molecule is C[C@H](CCc1ccccc1)NC(=O)[C@@H]1CCCN(Cc2ccc(Cl)cc2)C1. The molecule has 2 aromatic rings. The molecule has 0 unspecified atom stereocenters. The standard InChI is InChI=1S/C23H29ClN2O/c1-18(9-10-19-6-3-2-4-7-19)25-23(27)21-8-5-15-26(17-21)16-20-11-13-22(24)14-12-20/h2-4,6-7,11-14,18,21H,5,8-10,15-17H2,1H3,(H,25,27)/t18-,21-/m1/s1. The maximum absolute atomic E-state index is 12.7. The van der Waals surface area contributed by atoms with E-state index in [9.17, 15) is 4.79 Å². The molecule has 3 rings (SSSR count). The van der Waals surface area contributed by atoms with Gasteiger partial charge in [0, 0.05) is 24.2 Å². The summed E-state index contributed by atoms with van der Waals surface area (Å²) in [5.74, 6) is 0.293. The van der Waals surface area contributed by atoms with Crippen molar-refractivity contribution in [1.82, 2.24) is 10.2 Å². The maximum Gasteiger partial charge on any atom is 0.224 e. The van der Waals surface area contributed by atoms with Gasteiger partial charge in [-0.25, -0.2) is 0 Å². The second-order valence-corrected chi connectivity index (χ2v) is 8.07. The predicted octanol–water partition coefficient (Wildman–Crippen LogP) is 4.69. The van der Waals surface area contributed by atoms with Gasteiger partial charge in [0.25, 0.3) is 0 Å². The number of amides is 1. The Hall–Kier alpha value is -1.84. The van der Waals surface area contributed by atoms with E-state index in [1.807, 2.05) is 18.2 Å². The first-order valence-corrected chi connectivity index (χ1v) is 10.3. The third kappa shape index (κ3) is 6.37. The fraction of sp³-hybridized carbons (Fsp3) is 0.435. The van der Waals surface area contributed by atoms with E-state index < -0.39 is 0 Å². The van der Waals surface area contributed by atoms with Gasteiger partial charge in [0.15, 0.2) is 0 Å². The van der Waals surface area contributed by atoms with Crippen LogP contribution in [0.5, 0.6) is 0 Å². The van der Waals surface area contributed by atoms with Gasteiger partial charge >= 0.3 is 0 Å². The van der Waals surface area contributed by atoms with Gasteiger partial charge in [-0.15, -0.1) is 0 Å². The summed E-state index contributed by atoms with van der Waals surface area (Å²) in [6, 6.07) is 18.6. The van der Waals surface area contributed by atoms with Crippen molar-refractivity contribution in [3.05, 3.63) is 70.7 Å². The third-order valence-corrected chi connectivity index (χ3v) is 5.55. The molecule has 1 aliphatic rings. The van der Waals surface area contributed by atoms with Crippen LogP contribution in [0.25, 0.3) is 0 Å². The number of rotatable bonds is 7. The lowest BCUT2D eigenvalue weighted by Gasteiger charge is -2.32. The maximum atomic E-state index is 12.7. The predicted molar refractivity (Wildman–Crippen MR) is 112 cm³/mol. The minimum atomic E-state index is 0.0882. The van der Waals surface area contributed by atoms with E-state index in [2.05, 4.69) is 53.5 Å². The van der Waals surface area contributed by atoms with Crippen molar-refractivity contribution in [2.75, 3.05) is 13.1 Å². The zero-order valence-corrected chi connectivity index (χ0v) is 16.8. The molecule has 1 aliphatic heterocycles. The van der Waals surface area contributed by atoms with Crippen LogP contribution in [0.3, 0.4) is 0 Å². The van der Waals surface area contributed by atoms with Gasteiger partial charge in [-0.3, -0.25) is 9.69 Å². The Morgan fingerprint density at radius 2 is 1.89 bits per heavy atom. The molecule has 27 heavy (non-hydrogen) atoms. The van der Waals surface area contributed by atoms with Crippen molar-refractivity contribution in [1.29, 1.82) is 0 Å². The van der Waals surface area contributed by atoms with E-state index in [0.29, 0.717) is 0 Å². The highest BCUT2D eigenvalue weighted by Gasteiger charge is 2.26. The number of carbonyl (C=O) groups is 1. The van der Waals surface area contributed by atoms with Crippen LogP contribution in [-0.2, 0) is 17.8 Å². The molecule has 0 bridgehead atoms. The number of likely N-dealkylation sites (tertiary alicyclic amines) is 1. The molecule has 3 nitrogen and oxygen atoms in total. The molecular formula is C23H29ClN2O. The average Bonchev–Trinajstić information content (AvgIpc) is 2.69. The molecule has 2 aromatic carbocycles. The van der Waals surface area contributed by atoms with Gasteiger partial charge in [-0.2, -0.15) is 0 Å². The Kier molecular flexibility index (Phi) is 7.31. The quantitative estimate of drug-likeness (QED) is 0.751. The molecule has 0 spiro atoms. The first kappa shape index (κ1) is 19.9. The number of halogens is 1. The summed E-state index contributed by atoms with van der Waals surface area (Å²) in [7, 11) is 0. The summed E-state index contributed by atoms with van der Waals surface area (Å²) in [6.07, 6.45) is 4.02. The summed E-state index contributed by atoms with van der Waals surface area (Å²) in [4.78, 5) is 15.1. The second-order valence-electron chi connectivity index (χ2n) is 7.63. The highest BCUT2D eigenvalue weighted by Crippen LogP contribution is 2.20. The van der Waals surface area contributed by atoms with Crippen LogP contribution in [0, 0.1) is 5.92 Å². The average molecular weight is 385 g/mol. The number of benzene rings is 2. The summed E-state index contributed by atoms with van der Waals surface area (Å²) < 4.78 is 0.